The molecule has 22 heavy (non-hydrogen) atoms. The number of hydrogen-bond donors (Lipinski definition) is 0. The van der Waals surface area contributed by atoms with Crippen molar-refractivity contribution in [3.8, 4) is 0 Å². The van der Waals surface area contributed by atoms with Crippen LogP contribution in [0.3, 0.4) is 0 Å². The van der Waals surface area contributed by atoms with Gasteiger partial charge in [-0.05, 0) is 11.1 Å². The van der Waals surface area contributed by atoms with Gasteiger partial charge in [-0.25, -0.2) is 0 Å². The lowest BCUT2D eigenvalue weighted by Gasteiger charge is -2.16. The summed E-state index contributed by atoms with van der Waals surface area (Å²) in [5.41, 5.74) is 3.29. The molecule has 0 aliphatic heterocycles. The van der Waals surface area contributed by atoms with Gasteiger partial charge in [0.05, 0.1) is 0 Å². The van der Waals surface area contributed by atoms with Crippen molar-refractivity contribution in [3.05, 3.63) is 108 Å². The Labute approximate surface area is 133 Å². The highest BCUT2D eigenvalue weighted by Crippen LogP contribution is 2.24. The molecule has 1 nitrogen and oxygen atoms in total. The minimum absolute atomic E-state index is 0.120. The van der Waals surface area contributed by atoms with E-state index in [9.17, 15) is 4.79 Å². The van der Waals surface area contributed by atoms with E-state index in [0.717, 1.165) is 5.56 Å². The molecule has 3 aromatic rings. The molecule has 0 aromatic heterocycles. The van der Waals surface area contributed by atoms with E-state index in [1.54, 1.807) is 0 Å². The molecule has 0 unspecified atom stereocenters. The third-order valence-corrected chi connectivity index (χ3v) is 5.08. The van der Waals surface area contributed by atoms with E-state index >= 15 is 0 Å². The topological polar surface area (TPSA) is 17.1 Å². The summed E-state index contributed by atoms with van der Waals surface area (Å²) in [7, 11) is 0.191. The van der Waals surface area contributed by atoms with Crippen LogP contribution in [0, 0.1) is 0 Å². The molecule has 0 fully saturated rings. The Kier molecular flexibility index (Phi) is 4.61. The lowest BCUT2D eigenvalue weighted by molar-refractivity contribution is 0.107. The highest BCUT2D eigenvalue weighted by atomic mass is 28.2. The van der Waals surface area contributed by atoms with Gasteiger partial charge < -0.3 is 4.79 Å². The fraction of sp³-hybridized carbons (Fsp3) is 0.0500. The first-order valence-electron chi connectivity index (χ1n) is 7.30. The van der Waals surface area contributed by atoms with Gasteiger partial charge in [-0.1, -0.05) is 91.0 Å². The quantitative estimate of drug-likeness (QED) is 0.641. The normalized spacial score (nSPS) is 10.6. The van der Waals surface area contributed by atoms with Crippen LogP contribution in [0.15, 0.2) is 91.0 Å². The van der Waals surface area contributed by atoms with Crippen LogP contribution in [-0.2, 0) is 0 Å². The van der Waals surface area contributed by atoms with Crippen LogP contribution in [0.1, 0.15) is 27.0 Å². The number of rotatable bonds is 5. The second kappa shape index (κ2) is 7.01. The summed E-state index contributed by atoms with van der Waals surface area (Å²) in [5.74, 6) is 0. The zero-order valence-corrected chi connectivity index (χ0v) is 13.1. The third kappa shape index (κ3) is 3.41. The summed E-state index contributed by atoms with van der Waals surface area (Å²) in [4.78, 5) is 12.6. The molecule has 0 bridgehead atoms. The van der Waals surface area contributed by atoms with Crippen LogP contribution in [0.5, 0.6) is 0 Å². The molecule has 0 spiro atoms. The molecule has 0 aliphatic carbocycles. The summed E-state index contributed by atoms with van der Waals surface area (Å²) < 4.78 is 0. The largest absolute Gasteiger partial charge is 0.301 e. The predicted molar refractivity (Wildman–Crippen MR) is 91.3 cm³/mol. The van der Waals surface area contributed by atoms with Crippen LogP contribution in [0.25, 0.3) is 0 Å². The Morgan fingerprint density at radius 1 is 0.636 bits per heavy atom. The van der Waals surface area contributed by atoms with Crippen molar-refractivity contribution in [2.75, 3.05) is 0 Å². The molecule has 0 saturated heterocycles. The van der Waals surface area contributed by atoms with Gasteiger partial charge in [0.1, 0.15) is 5.41 Å². The van der Waals surface area contributed by atoms with Gasteiger partial charge in [0.15, 0.2) is 9.52 Å². The first kappa shape index (κ1) is 14.5. The number of carbonyl (C=O) groups is 1. The van der Waals surface area contributed by atoms with Gasteiger partial charge in [0.2, 0.25) is 0 Å². The standard InChI is InChI=1S/C20H16OSi/c21-20(18-14-8-3-9-15-18)22-19(16-10-4-1-5-11-16)17-12-6-2-7-13-17/h1-15,19H. The summed E-state index contributed by atoms with van der Waals surface area (Å²) in [6, 6.07) is 30.1. The zero-order valence-electron chi connectivity index (χ0n) is 12.1. The number of carbonyl (C=O) groups excluding carboxylic acids is 1. The second-order valence-corrected chi connectivity index (χ2v) is 6.41. The molecule has 2 radical (unpaired) electrons. The SMILES string of the molecule is O=C([Si]C(c1ccccc1)c1ccccc1)c1ccccc1. The van der Waals surface area contributed by atoms with Crippen molar-refractivity contribution in [3.63, 3.8) is 0 Å². The minimum Gasteiger partial charge on any atom is -0.301 e. The fourth-order valence-electron chi connectivity index (χ4n) is 2.45. The smallest absolute Gasteiger partial charge is 0.153 e. The molecular formula is C20H16OSi. The molecule has 2 heteroatoms. The van der Waals surface area contributed by atoms with E-state index in [2.05, 4.69) is 24.3 Å². The average Bonchev–Trinajstić information content (AvgIpc) is 2.62. The highest BCUT2D eigenvalue weighted by Gasteiger charge is 2.20. The molecule has 3 aromatic carbocycles. The van der Waals surface area contributed by atoms with Crippen molar-refractivity contribution in [1.29, 1.82) is 0 Å². The highest BCUT2D eigenvalue weighted by molar-refractivity contribution is 6.78. The Balaban J connectivity index is 1.91. The maximum absolute atomic E-state index is 12.6. The van der Waals surface area contributed by atoms with Crippen molar-refractivity contribution >= 4 is 14.9 Å². The summed E-state index contributed by atoms with van der Waals surface area (Å²) in [6.07, 6.45) is 0. The lowest BCUT2D eigenvalue weighted by Crippen LogP contribution is -2.19. The van der Waals surface area contributed by atoms with Gasteiger partial charge in [-0.15, -0.1) is 0 Å². The summed E-state index contributed by atoms with van der Waals surface area (Å²) in [5, 5.41) is 0.207. The van der Waals surface area contributed by atoms with Crippen LogP contribution in [0.2, 0.25) is 0 Å². The van der Waals surface area contributed by atoms with E-state index in [-0.39, 0.29) is 20.5 Å². The Morgan fingerprint density at radius 2 is 1.05 bits per heavy atom. The van der Waals surface area contributed by atoms with Crippen LogP contribution >= 0.6 is 0 Å². The molecule has 0 N–H and O–H groups in total. The van der Waals surface area contributed by atoms with Gasteiger partial charge >= 0.3 is 0 Å². The monoisotopic (exact) mass is 300 g/mol. The maximum Gasteiger partial charge on any atom is 0.153 e. The Hall–Kier alpha value is -2.45. The van der Waals surface area contributed by atoms with E-state index in [1.807, 2.05) is 66.7 Å². The lowest BCUT2D eigenvalue weighted by atomic mass is 10.0. The molecule has 0 heterocycles. The van der Waals surface area contributed by atoms with Gasteiger partial charge in [-0.3, -0.25) is 0 Å². The molecule has 0 aliphatic rings. The first-order chi connectivity index (χ1) is 10.8. The molecule has 3 rings (SSSR count). The van der Waals surface area contributed by atoms with Gasteiger partial charge in [0, 0.05) is 11.1 Å². The molecular weight excluding hydrogens is 284 g/mol. The van der Waals surface area contributed by atoms with Crippen molar-refractivity contribution in [2.24, 2.45) is 0 Å². The van der Waals surface area contributed by atoms with E-state index in [4.69, 9.17) is 0 Å². The zero-order chi connectivity index (χ0) is 15.2. The minimum atomic E-state index is 0.120. The van der Waals surface area contributed by atoms with Gasteiger partial charge in [-0.2, -0.15) is 0 Å². The maximum atomic E-state index is 12.6. The van der Waals surface area contributed by atoms with E-state index in [1.165, 1.54) is 11.1 Å². The Bertz CT molecular complexity index is 684. The molecule has 106 valence electrons. The van der Waals surface area contributed by atoms with Crippen LogP contribution in [-0.4, -0.2) is 14.9 Å². The molecule has 0 amide bonds. The second-order valence-electron chi connectivity index (χ2n) is 5.09. The van der Waals surface area contributed by atoms with Crippen LogP contribution in [0.4, 0.5) is 0 Å². The summed E-state index contributed by atoms with van der Waals surface area (Å²) >= 11 is 0. The first-order valence-corrected chi connectivity index (χ1v) is 8.38. The third-order valence-electron chi connectivity index (χ3n) is 3.58. The van der Waals surface area contributed by atoms with E-state index < -0.39 is 0 Å². The predicted octanol–water partition coefficient (Wildman–Crippen LogP) is 4.32. The summed E-state index contributed by atoms with van der Waals surface area (Å²) in [6.45, 7) is 0. The van der Waals surface area contributed by atoms with Gasteiger partial charge in [0.25, 0.3) is 0 Å². The fourth-order valence-corrected chi connectivity index (χ4v) is 3.77. The van der Waals surface area contributed by atoms with Crippen molar-refractivity contribution in [1.82, 2.24) is 0 Å². The number of hydrogen-bond acceptors (Lipinski definition) is 1. The molecule has 0 saturated carbocycles. The average molecular weight is 300 g/mol. The number of benzene rings is 3. The molecule has 0 atom stereocenters. The van der Waals surface area contributed by atoms with Crippen molar-refractivity contribution < 1.29 is 4.79 Å². The van der Waals surface area contributed by atoms with Crippen molar-refractivity contribution in [2.45, 2.75) is 5.54 Å². The van der Waals surface area contributed by atoms with E-state index in [0.29, 0.717) is 0 Å². The van der Waals surface area contributed by atoms with Crippen LogP contribution < -0.4 is 0 Å². The Morgan fingerprint density at radius 3 is 1.50 bits per heavy atom.